The van der Waals surface area contributed by atoms with Crippen molar-refractivity contribution in [3.8, 4) is 11.3 Å². The normalized spacial score (nSPS) is 14.0. The molecule has 0 spiro atoms. The number of amides is 1. The van der Waals surface area contributed by atoms with Gasteiger partial charge in [-0.2, -0.15) is 0 Å². The number of aromatic nitrogens is 1. The van der Waals surface area contributed by atoms with E-state index >= 15 is 0 Å². The smallest absolute Gasteiger partial charge is 0.252 e. The van der Waals surface area contributed by atoms with Gasteiger partial charge in [-0.1, -0.05) is 48.5 Å². The number of nitrogens with one attached hydrogen (secondary N) is 1. The number of para-hydroxylation sites is 1. The second-order valence-electron chi connectivity index (χ2n) is 6.09. The Morgan fingerprint density at radius 2 is 1.74 bits per heavy atom. The highest BCUT2D eigenvalue weighted by Gasteiger charge is 2.26. The summed E-state index contributed by atoms with van der Waals surface area (Å²) in [5.74, 6) is 0.0146. The van der Waals surface area contributed by atoms with E-state index in [2.05, 4.69) is 5.32 Å². The molecule has 3 aromatic rings. The van der Waals surface area contributed by atoms with Crippen molar-refractivity contribution >= 4 is 16.8 Å². The van der Waals surface area contributed by atoms with Crippen LogP contribution in [0.25, 0.3) is 22.2 Å². The summed E-state index contributed by atoms with van der Waals surface area (Å²) in [7, 11) is 0. The number of nitrogens with zero attached hydrogens (tertiary/aromatic N) is 1. The van der Waals surface area contributed by atoms with Crippen LogP contribution in [0.3, 0.4) is 0 Å². The second kappa shape index (κ2) is 5.51. The lowest BCUT2D eigenvalue weighted by molar-refractivity contribution is 0.0952. The van der Waals surface area contributed by atoms with Crippen LogP contribution in [0.4, 0.5) is 0 Å². The predicted octanol–water partition coefficient (Wildman–Crippen LogP) is 4.10. The number of fused-ring (bicyclic) bond motifs is 1. The van der Waals surface area contributed by atoms with E-state index in [1.807, 2.05) is 61.5 Å². The molecule has 1 fully saturated rings. The number of hydrogen-bond donors (Lipinski definition) is 1. The maximum absolute atomic E-state index is 12.8. The lowest BCUT2D eigenvalue weighted by Crippen LogP contribution is -2.26. The van der Waals surface area contributed by atoms with Crippen LogP contribution in [-0.4, -0.2) is 16.9 Å². The standard InChI is InChI=1S/C20H18N2O/c1-13-18(20(23)21-15-11-12-15)16-9-5-6-10-17(16)22-19(13)14-7-3-2-4-8-14/h2-10,15H,11-12H2,1H3,(H,21,23). The quantitative estimate of drug-likeness (QED) is 0.791. The van der Waals surface area contributed by atoms with E-state index in [4.69, 9.17) is 4.98 Å². The summed E-state index contributed by atoms with van der Waals surface area (Å²) >= 11 is 0. The van der Waals surface area contributed by atoms with E-state index in [0.29, 0.717) is 6.04 Å². The fourth-order valence-corrected chi connectivity index (χ4v) is 2.96. The summed E-state index contributed by atoms with van der Waals surface area (Å²) in [5.41, 5.74) is 4.47. The van der Waals surface area contributed by atoms with Gasteiger partial charge in [-0.3, -0.25) is 4.79 Å². The van der Waals surface area contributed by atoms with Gasteiger partial charge in [0.05, 0.1) is 16.8 Å². The molecule has 0 unspecified atom stereocenters. The lowest BCUT2D eigenvalue weighted by atomic mass is 9.97. The zero-order valence-corrected chi connectivity index (χ0v) is 13.0. The molecule has 2 aromatic carbocycles. The first-order valence-corrected chi connectivity index (χ1v) is 7.99. The molecule has 0 aliphatic heterocycles. The van der Waals surface area contributed by atoms with Crippen molar-refractivity contribution in [3.05, 3.63) is 65.7 Å². The first-order valence-electron chi connectivity index (χ1n) is 7.99. The molecule has 4 rings (SSSR count). The highest BCUT2D eigenvalue weighted by Crippen LogP contribution is 2.30. The molecule has 1 amide bonds. The Morgan fingerprint density at radius 1 is 1.04 bits per heavy atom. The number of hydrogen-bond acceptors (Lipinski definition) is 2. The molecule has 0 saturated heterocycles. The summed E-state index contributed by atoms with van der Waals surface area (Å²) in [6.07, 6.45) is 2.17. The van der Waals surface area contributed by atoms with E-state index < -0.39 is 0 Å². The van der Waals surface area contributed by atoms with Crippen molar-refractivity contribution in [1.82, 2.24) is 10.3 Å². The van der Waals surface area contributed by atoms with Gasteiger partial charge in [-0.25, -0.2) is 4.98 Å². The van der Waals surface area contributed by atoms with Crippen molar-refractivity contribution in [2.24, 2.45) is 0 Å². The fraction of sp³-hybridized carbons (Fsp3) is 0.200. The molecule has 0 radical (unpaired) electrons. The van der Waals surface area contributed by atoms with Gasteiger partial charge in [0.1, 0.15) is 0 Å². The lowest BCUT2D eigenvalue weighted by Gasteiger charge is -2.14. The molecule has 3 heteroatoms. The Morgan fingerprint density at radius 3 is 2.48 bits per heavy atom. The van der Waals surface area contributed by atoms with Crippen LogP contribution in [0, 0.1) is 6.92 Å². The van der Waals surface area contributed by atoms with Crippen molar-refractivity contribution < 1.29 is 4.79 Å². The predicted molar refractivity (Wildman–Crippen MR) is 92.4 cm³/mol. The number of carbonyl (C=O) groups is 1. The van der Waals surface area contributed by atoms with E-state index in [1.54, 1.807) is 0 Å². The molecule has 1 aliphatic carbocycles. The van der Waals surface area contributed by atoms with Crippen LogP contribution in [0.1, 0.15) is 28.8 Å². The van der Waals surface area contributed by atoms with Crippen LogP contribution in [-0.2, 0) is 0 Å². The molecule has 1 N–H and O–H groups in total. The Balaban J connectivity index is 1.94. The van der Waals surface area contributed by atoms with Crippen LogP contribution in [0.5, 0.6) is 0 Å². The fourth-order valence-electron chi connectivity index (χ4n) is 2.96. The summed E-state index contributed by atoms with van der Waals surface area (Å²) in [5, 5.41) is 4.03. The van der Waals surface area contributed by atoms with Crippen molar-refractivity contribution in [1.29, 1.82) is 0 Å². The van der Waals surface area contributed by atoms with E-state index in [1.165, 1.54) is 0 Å². The maximum atomic E-state index is 12.8. The third-order valence-electron chi connectivity index (χ3n) is 4.32. The minimum Gasteiger partial charge on any atom is -0.349 e. The van der Waals surface area contributed by atoms with Gasteiger partial charge in [0, 0.05) is 17.0 Å². The third-order valence-corrected chi connectivity index (χ3v) is 4.32. The third kappa shape index (κ3) is 2.59. The van der Waals surface area contributed by atoms with E-state index in [-0.39, 0.29) is 5.91 Å². The molecule has 114 valence electrons. The van der Waals surface area contributed by atoms with Gasteiger partial charge in [0.15, 0.2) is 0 Å². The first kappa shape index (κ1) is 13.9. The van der Waals surface area contributed by atoms with Crippen molar-refractivity contribution in [3.63, 3.8) is 0 Å². The molecule has 3 nitrogen and oxygen atoms in total. The molecule has 1 aromatic heterocycles. The van der Waals surface area contributed by atoms with Gasteiger partial charge in [0.2, 0.25) is 0 Å². The van der Waals surface area contributed by atoms with E-state index in [0.717, 1.165) is 46.1 Å². The average Bonchev–Trinajstić information content (AvgIpc) is 3.39. The molecular weight excluding hydrogens is 284 g/mol. The number of pyridine rings is 1. The van der Waals surface area contributed by atoms with Gasteiger partial charge < -0.3 is 5.32 Å². The minimum atomic E-state index is 0.0146. The van der Waals surface area contributed by atoms with Crippen LogP contribution >= 0.6 is 0 Å². The number of carbonyl (C=O) groups excluding carboxylic acids is 1. The Labute approximate surface area is 135 Å². The van der Waals surface area contributed by atoms with Crippen LogP contribution in [0.2, 0.25) is 0 Å². The van der Waals surface area contributed by atoms with Crippen molar-refractivity contribution in [2.45, 2.75) is 25.8 Å². The monoisotopic (exact) mass is 302 g/mol. The second-order valence-corrected chi connectivity index (χ2v) is 6.09. The Kier molecular flexibility index (Phi) is 3.34. The summed E-state index contributed by atoms with van der Waals surface area (Å²) in [6.45, 7) is 1.99. The summed E-state index contributed by atoms with van der Waals surface area (Å²) < 4.78 is 0. The topological polar surface area (TPSA) is 42.0 Å². The highest BCUT2D eigenvalue weighted by molar-refractivity contribution is 6.09. The Hall–Kier alpha value is -2.68. The molecular formula is C20H18N2O. The number of benzene rings is 2. The maximum Gasteiger partial charge on any atom is 0.252 e. The van der Waals surface area contributed by atoms with Crippen molar-refractivity contribution in [2.75, 3.05) is 0 Å². The van der Waals surface area contributed by atoms with Gasteiger partial charge >= 0.3 is 0 Å². The largest absolute Gasteiger partial charge is 0.349 e. The zero-order valence-electron chi connectivity index (χ0n) is 13.0. The highest BCUT2D eigenvalue weighted by atomic mass is 16.1. The molecule has 1 saturated carbocycles. The molecule has 1 aliphatic rings. The molecule has 23 heavy (non-hydrogen) atoms. The average molecular weight is 302 g/mol. The Bertz CT molecular complexity index is 883. The zero-order chi connectivity index (χ0) is 15.8. The van der Waals surface area contributed by atoms with Gasteiger partial charge in [-0.05, 0) is 31.4 Å². The molecule has 0 bridgehead atoms. The van der Waals surface area contributed by atoms with Gasteiger partial charge in [-0.15, -0.1) is 0 Å². The minimum absolute atomic E-state index is 0.0146. The summed E-state index contributed by atoms with van der Waals surface area (Å²) in [4.78, 5) is 17.6. The van der Waals surface area contributed by atoms with E-state index in [9.17, 15) is 4.79 Å². The molecule has 0 atom stereocenters. The molecule has 1 heterocycles. The van der Waals surface area contributed by atoms with Crippen LogP contribution < -0.4 is 5.32 Å². The van der Waals surface area contributed by atoms with Gasteiger partial charge in [0.25, 0.3) is 5.91 Å². The summed E-state index contributed by atoms with van der Waals surface area (Å²) in [6, 6.07) is 18.3. The number of rotatable bonds is 3. The SMILES string of the molecule is Cc1c(-c2ccccc2)nc2ccccc2c1C(=O)NC1CC1. The first-order chi connectivity index (χ1) is 11.2. The van der Waals surface area contributed by atoms with Crippen LogP contribution in [0.15, 0.2) is 54.6 Å².